The third-order valence-electron chi connectivity index (χ3n) is 5.65. The minimum Gasteiger partial charge on any atom is -0.391 e. The fourth-order valence-corrected chi connectivity index (χ4v) is 4.46. The summed E-state index contributed by atoms with van der Waals surface area (Å²) < 4.78 is 0. The number of para-hydroxylation sites is 1. The van der Waals surface area contributed by atoms with Crippen molar-refractivity contribution in [3.63, 3.8) is 0 Å². The van der Waals surface area contributed by atoms with Crippen LogP contribution in [0.5, 0.6) is 0 Å². The number of hydrogen-bond acceptors (Lipinski definition) is 4. The molecule has 1 saturated carbocycles. The Bertz CT molecular complexity index is 1030. The van der Waals surface area contributed by atoms with Crippen LogP contribution < -0.4 is 5.32 Å². The fourth-order valence-electron chi connectivity index (χ4n) is 4.13. The van der Waals surface area contributed by atoms with Crippen molar-refractivity contribution in [2.24, 2.45) is 5.16 Å². The second kappa shape index (κ2) is 8.70. The second-order valence-electron chi connectivity index (χ2n) is 7.41. The van der Waals surface area contributed by atoms with E-state index in [-0.39, 0.29) is 0 Å². The van der Waals surface area contributed by atoms with E-state index >= 15 is 0 Å². The molecule has 0 radical (unpaired) electrons. The summed E-state index contributed by atoms with van der Waals surface area (Å²) in [5, 5.41) is 8.96. The van der Waals surface area contributed by atoms with Gasteiger partial charge < -0.3 is 10.2 Å². The maximum absolute atomic E-state index is 5.84. The minimum atomic E-state index is -0.476. The van der Waals surface area contributed by atoms with Crippen molar-refractivity contribution in [3.8, 4) is 0 Å². The fraction of sp³-hybridized carbons (Fsp3) is 0.292. The first-order chi connectivity index (χ1) is 14.2. The summed E-state index contributed by atoms with van der Waals surface area (Å²) in [5.74, 6) is 0. The standard InChI is InChI=1S/C24H25N3OS/c1-25-23(29)24(20-15-19-11-5-6-12-21(19)26-16-20)14-8-7-13-22(24)27-28-17-18-9-3-2-4-10-18/h2-6,9-12,15-16H,7-8,13-14,17H2,1H3,(H,25,29)/b27-22-. The van der Waals surface area contributed by atoms with Gasteiger partial charge in [-0.15, -0.1) is 0 Å². The van der Waals surface area contributed by atoms with Crippen LogP contribution in [0.4, 0.5) is 0 Å². The van der Waals surface area contributed by atoms with Gasteiger partial charge in [-0.3, -0.25) is 4.98 Å². The highest BCUT2D eigenvalue weighted by Crippen LogP contribution is 2.39. The van der Waals surface area contributed by atoms with Crippen LogP contribution in [0.2, 0.25) is 0 Å². The van der Waals surface area contributed by atoms with Crippen LogP contribution in [-0.4, -0.2) is 22.7 Å². The van der Waals surface area contributed by atoms with E-state index < -0.39 is 5.41 Å². The van der Waals surface area contributed by atoms with Crippen LogP contribution in [0.15, 0.2) is 72.0 Å². The highest BCUT2D eigenvalue weighted by Gasteiger charge is 2.44. The molecule has 1 atom stereocenters. The van der Waals surface area contributed by atoms with Crippen molar-refractivity contribution >= 4 is 33.8 Å². The van der Waals surface area contributed by atoms with Crippen LogP contribution in [0.25, 0.3) is 10.9 Å². The van der Waals surface area contributed by atoms with Crippen molar-refractivity contribution < 1.29 is 4.84 Å². The van der Waals surface area contributed by atoms with Crippen LogP contribution in [0.1, 0.15) is 36.8 Å². The molecule has 0 amide bonds. The molecule has 1 aliphatic carbocycles. The Morgan fingerprint density at radius 1 is 1.14 bits per heavy atom. The Kier molecular flexibility index (Phi) is 5.86. The molecular weight excluding hydrogens is 378 g/mol. The van der Waals surface area contributed by atoms with Gasteiger partial charge in [0.25, 0.3) is 0 Å². The van der Waals surface area contributed by atoms with Crippen molar-refractivity contribution in [1.82, 2.24) is 10.3 Å². The average Bonchev–Trinajstić information content (AvgIpc) is 2.79. The molecule has 1 aliphatic rings. The number of benzene rings is 2. The van der Waals surface area contributed by atoms with Gasteiger partial charge in [-0.1, -0.05) is 72.3 Å². The van der Waals surface area contributed by atoms with Crippen molar-refractivity contribution in [1.29, 1.82) is 0 Å². The monoisotopic (exact) mass is 403 g/mol. The number of pyridine rings is 1. The number of nitrogens with one attached hydrogen (secondary N) is 1. The number of rotatable bonds is 5. The molecule has 148 valence electrons. The molecule has 2 aromatic carbocycles. The van der Waals surface area contributed by atoms with E-state index in [9.17, 15) is 0 Å². The normalized spacial score (nSPS) is 20.5. The Labute approximate surface area is 177 Å². The second-order valence-corrected chi connectivity index (χ2v) is 7.81. The lowest BCUT2D eigenvalue weighted by atomic mass is 9.68. The molecule has 0 aliphatic heterocycles. The average molecular weight is 404 g/mol. The Morgan fingerprint density at radius 2 is 1.93 bits per heavy atom. The molecule has 0 bridgehead atoms. The molecule has 1 fully saturated rings. The van der Waals surface area contributed by atoms with Gasteiger partial charge in [0.05, 0.1) is 21.6 Å². The lowest BCUT2D eigenvalue weighted by Crippen LogP contribution is -2.50. The molecule has 5 heteroatoms. The molecule has 29 heavy (non-hydrogen) atoms. The molecular formula is C24H25N3OS. The van der Waals surface area contributed by atoms with Crippen molar-refractivity contribution in [2.45, 2.75) is 37.7 Å². The van der Waals surface area contributed by atoms with Crippen LogP contribution >= 0.6 is 12.2 Å². The summed E-state index contributed by atoms with van der Waals surface area (Å²) in [6.45, 7) is 0.447. The number of hydrogen-bond donors (Lipinski definition) is 1. The van der Waals surface area contributed by atoms with Crippen LogP contribution in [-0.2, 0) is 16.9 Å². The van der Waals surface area contributed by atoms with Crippen LogP contribution in [0.3, 0.4) is 0 Å². The third kappa shape index (κ3) is 3.87. The van der Waals surface area contributed by atoms with Gasteiger partial charge in [0.1, 0.15) is 6.61 Å². The van der Waals surface area contributed by atoms with E-state index in [0.29, 0.717) is 6.61 Å². The quantitative estimate of drug-likeness (QED) is 0.472. The molecule has 4 nitrogen and oxygen atoms in total. The molecule has 0 spiro atoms. The Balaban J connectivity index is 1.73. The highest BCUT2D eigenvalue weighted by atomic mass is 32.1. The molecule has 3 aromatic rings. The predicted molar refractivity (Wildman–Crippen MR) is 122 cm³/mol. The van der Waals surface area contributed by atoms with Gasteiger partial charge in [-0.05, 0) is 42.5 Å². The maximum atomic E-state index is 5.84. The Hall–Kier alpha value is -2.79. The van der Waals surface area contributed by atoms with Gasteiger partial charge in [-0.2, -0.15) is 0 Å². The van der Waals surface area contributed by atoms with E-state index in [1.165, 1.54) is 0 Å². The zero-order chi connectivity index (χ0) is 20.1. The summed E-state index contributed by atoms with van der Waals surface area (Å²) in [7, 11) is 1.88. The number of likely N-dealkylation sites (N-methyl/N-ethyl adjacent to an activating group) is 1. The third-order valence-corrected chi connectivity index (χ3v) is 6.21. The molecule has 1 unspecified atom stereocenters. The van der Waals surface area contributed by atoms with E-state index in [1.54, 1.807) is 0 Å². The largest absolute Gasteiger partial charge is 0.391 e. The molecule has 1 N–H and O–H groups in total. The summed E-state index contributed by atoms with van der Waals surface area (Å²) in [6, 6.07) is 20.5. The minimum absolute atomic E-state index is 0.447. The van der Waals surface area contributed by atoms with E-state index in [2.05, 4.69) is 22.6 Å². The topological polar surface area (TPSA) is 46.5 Å². The van der Waals surface area contributed by atoms with Gasteiger partial charge in [0.2, 0.25) is 0 Å². The Morgan fingerprint density at radius 3 is 2.76 bits per heavy atom. The summed E-state index contributed by atoms with van der Waals surface area (Å²) in [5.41, 5.74) is 3.67. The van der Waals surface area contributed by atoms with Crippen LogP contribution in [0, 0.1) is 0 Å². The molecule has 1 aromatic heterocycles. The number of thiocarbonyl (C=S) groups is 1. The lowest BCUT2D eigenvalue weighted by molar-refractivity contribution is 0.127. The molecule has 1 heterocycles. The predicted octanol–water partition coefficient (Wildman–Crippen LogP) is 5.17. The molecule has 4 rings (SSSR count). The number of fused-ring (bicyclic) bond motifs is 1. The summed E-state index contributed by atoms with van der Waals surface area (Å²) >= 11 is 5.84. The maximum Gasteiger partial charge on any atom is 0.142 e. The van der Waals surface area contributed by atoms with Crippen molar-refractivity contribution in [2.75, 3.05) is 7.05 Å². The SMILES string of the molecule is CNC(=S)C1(c2cnc3ccccc3c2)CCCC/C1=N/OCc1ccccc1. The van der Waals surface area contributed by atoms with E-state index in [1.807, 2.05) is 61.8 Å². The highest BCUT2D eigenvalue weighted by molar-refractivity contribution is 7.80. The first kappa shape index (κ1) is 19.5. The zero-order valence-electron chi connectivity index (χ0n) is 16.6. The smallest absolute Gasteiger partial charge is 0.142 e. The summed E-state index contributed by atoms with van der Waals surface area (Å²) in [4.78, 5) is 11.3. The number of nitrogens with zero attached hydrogens (tertiary/aromatic N) is 2. The number of oxime groups is 1. The van der Waals surface area contributed by atoms with Gasteiger partial charge in [-0.25, -0.2) is 0 Å². The molecule has 0 saturated heterocycles. The van der Waals surface area contributed by atoms with E-state index in [4.69, 9.17) is 22.0 Å². The zero-order valence-corrected chi connectivity index (χ0v) is 17.4. The van der Waals surface area contributed by atoms with Gasteiger partial charge in [0.15, 0.2) is 0 Å². The first-order valence-electron chi connectivity index (χ1n) is 10.0. The van der Waals surface area contributed by atoms with Gasteiger partial charge >= 0.3 is 0 Å². The summed E-state index contributed by atoms with van der Waals surface area (Å²) in [6.07, 6.45) is 5.89. The van der Waals surface area contributed by atoms with Gasteiger partial charge in [0, 0.05) is 18.6 Å². The van der Waals surface area contributed by atoms with E-state index in [0.717, 1.165) is 58.4 Å². The first-order valence-corrected chi connectivity index (χ1v) is 10.5. The van der Waals surface area contributed by atoms with Crippen molar-refractivity contribution in [3.05, 3.63) is 78.0 Å². The number of aromatic nitrogens is 1. The lowest BCUT2D eigenvalue weighted by Gasteiger charge is -2.38.